The van der Waals surface area contributed by atoms with Gasteiger partial charge in [0.05, 0.1) is 13.1 Å². The number of carbonyl (C=O) groups is 1. The Morgan fingerprint density at radius 2 is 2.21 bits per heavy atom. The molecule has 0 atom stereocenters. The topological polar surface area (TPSA) is 49.8 Å². The summed E-state index contributed by atoms with van der Waals surface area (Å²) in [5.74, 6) is 0.138. The van der Waals surface area contributed by atoms with Crippen LogP contribution in [0.1, 0.15) is 12.8 Å². The van der Waals surface area contributed by atoms with E-state index < -0.39 is 11.4 Å². The van der Waals surface area contributed by atoms with E-state index in [4.69, 9.17) is 4.74 Å². The van der Waals surface area contributed by atoms with Gasteiger partial charge in [0.2, 0.25) is 0 Å². The van der Waals surface area contributed by atoms with E-state index in [1.807, 2.05) is 0 Å². The molecule has 1 heterocycles. The number of likely N-dealkylation sites (tertiary alicyclic amines) is 1. The van der Waals surface area contributed by atoms with Crippen LogP contribution >= 0.6 is 0 Å². The van der Waals surface area contributed by atoms with Crippen molar-refractivity contribution in [3.05, 3.63) is 30.1 Å². The van der Waals surface area contributed by atoms with Gasteiger partial charge in [-0.2, -0.15) is 0 Å². The molecule has 1 saturated carbocycles. The molecule has 1 N–H and O–H groups in total. The standard InChI is InChI=1S/C14H16FNO3/c15-11-2-1-3-12(6-11)19-7-13(17)16-8-14(18,9-16)10-4-5-10/h1-3,6,10,18H,4-5,7-9H2. The van der Waals surface area contributed by atoms with Crippen molar-refractivity contribution in [2.75, 3.05) is 19.7 Å². The highest BCUT2D eigenvalue weighted by molar-refractivity contribution is 5.79. The van der Waals surface area contributed by atoms with Crippen molar-refractivity contribution in [1.82, 2.24) is 4.90 Å². The van der Waals surface area contributed by atoms with Crippen molar-refractivity contribution >= 4 is 5.91 Å². The fourth-order valence-electron chi connectivity index (χ4n) is 2.46. The van der Waals surface area contributed by atoms with Gasteiger partial charge >= 0.3 is 0 Å². The highest BCUT2D eigenvalue weighted by Crippen LogP contribution is 2.44. The third kappa shape index (κ3) is 2.56. The molecule has 3 rings (SSSR count). The van der Waals surface area contributed by atoms with Gasteiger partial charge in [-0.05, 0) is 30.9 Å². The average Bonchev–Trinajstić information content (AvgIpc) is 3.16. The van der Waals surface area contributed by atoms with E-state index in [1.54, 1.807) is 11.0 Å². The molecule has 1 amide bonds. The largest absolute Gasteiger partial charge is 0.484 e. The summed E-state index contributed by atoms with van der Waals surface area (Å²) < 4.78 is 18.2. The molecule has 2 aliphatic rings. The van der Waals surface area contributed by atoms with E-state index in [0.29, 0.717) is 24.8 Å². The Labute approximate surface area is 110 Å². The molecule has 1 aliphatic heterocycles. The molecule has 2 fully saturated rings. The molecule has 0 bridgehead atoms. The Morgan fingerprint density at radius 3 is 2.84 bits per heavy atom. The van der Waals surface area contributed by atoms with Gasteiger partial charge in [0.15, 0.2) is 6.61 Å². The third-order valence-corrected chi connectivity index (χ3v) is 3.78. The van der Waals surface area contributed by atoms with Gasteiger partial charge in [0.1, 0.15) is 17.2 Å². The Bertz CT molecular complexity index is 495. The number of benzene rings is 1. The molecular formula is C14H16FNO3. The van der Waals surface area contributed by atoms with Crippen molar-refractivity contribution in [1.29, 1.82) is 0 Å². The van der Waals surface area contributed by atoms with Gasteiger partial charge in [0, 0.05) is 6.07 Å². The number of carbonyl (C=O) groups excluding carboxylic acids is 1. The molecule has 19 heavy (non-hydrogen) atoms. The van der Waals surface area contributed by atoms with Crippen LogP contribution in [0.5, 0.6) is 5.75 Å². The van der Waals surface area contributed by atoms with Crippen LogP contribution in [0.15, 0.2) is 24.3 Å². The smallest absolute Gasteiger partial charge is 0.260 e. The SMILES string of the molecule is O=C(COc1cccc(F)c1)N1CC(O)(C2CC2)C1. The lowest BCUT2D eigenvalue weighted by Crippen LogP contribution is -2.65. The lowest BCUT2D eigenvalue weighted by Gasteiger charge is -2.46. The molecule has 102 valence electrons. The summed E-state index contributed by atoms with van der Waals surface area (Å²) in [5, 5.41) is 10.1. The maximum absolute atomic E-state index is 12.9. The monoisotopic (exact) mass is 265 g/mol. The first-order chi connectivity index (χ1) is 9.07. The van der Waals surface area contributed by atoms with Crippen LogP contribution in [-0.4, -0.2) is 41.2 Å². The predicted molar refractivity (Wildman–Crippen MR) is 66.1 cm³/mol. The summed E-state index contributed by atoms with van der Waals surface area (Å²) in [7, 11) is 0. The number of aliphatic hydroxyl groups is 1. The van der Waals surface area contributed by atoms with Crippen LogP contribution in [0.3, 0.4) is 0 Å². The van der Waals surface area contributed by atoms with E-state index in [9.17, 15) is 14.3 Å². The van der Waals surface area contributed by atoms with E-state index in [2.05, 4.69) is 0 Å². The zero-order chi connectivity index (χ0) is 13.5. The molecule has 0 unspecified atom stereocenters. The maximum atomic E-state index is 12.9. The zero-order valence-corrected chi connectivity index (χ0v) is 10.5. The van der Waals surface area contributed by atoms with Crippen molar-refractivity contribution in [3.63, 3.8) is 0 Å². The Hall–Kier alpha value is -1.62. The number of halogens is 1. The van der Waals surface area contributed by atoms with Gasteiger partial charge in [-0.3, -0.25) is 4.79 Å². The minimum Gasteiger partial charge on any atom is -0.484 e. The number of amides is 1. The highest BCUT2D eigenvalue weighted by atomic mass is 19.1. The molecule has 0 spiro atoms. The second-order valence-electron chi connectivity index (χ2n) is 5.37. The number of rotatable bonds is 4. The van der Waals surface area contributed by atoms with Crippen molar-refractivity contribution in [3.8, 4) is 5.75 Å². The molecule has 1 aliphatic carbocycles. The van der Waals surface area contributed by atoms with E-state index in [-0.39, 0.29) is 12.5 Å². The summed E-state index contributed by atoms with van der Waals surface area (Å²) >= 11 is 0. The molecule has 1 aromatic carbocycles. The number of ether oxygens (including phenoxy) is 1. The normalized spacial score (nSPS) is 20.8. The van der Waals surface area contributed by atoms with Crippen molar-refractivity contribution < 1.29 is 19.0 Å². The highest BCUT2D eigenvalue weighted by Gasteiger charge is 2.53. The zero-order valence-electron chi connectivity index (χ0n) is 10.5. The quantitative estimate of drug-likeness (QED) is 0.889. The second-order valence-corrected chi connectivity index (χ2v) is 5.37. The first-order valence-corrected chi connectivity index (χ1v) is 6.45. The van der Waals surface area contributed by atoms with Gasteiger partial charge in [-0.25, -0.2) is 4.39 Å². The Morgan fingerprint density at radius 1 is 1.47 bits per heavy atom. The van der Waals surface area contributed by atoms with Gasteiger partial charge in [-0.15, -0.1) is 0 Å². The minimum atomic E-state index is -0.672. The average molecular weight is 265 g/mol. The summed E-state index contributed by atoms with van der Waals surface area (Å²) in [6.07, 6.45) is 2.11. The van der Waals surface area contributed by atoms with Gasteiger partial charge in [-0.1, -0.05) is 6.07 Å². The molecule has 5 heteroatoms. The van der Waals surface area contributed by atoms with Crippen LogP contribution in [0.2, 0.25) is 0 Å². The molecular weight excluding hydrogens is 249 g/mol. The summed E-state index contributed by atoms with van der Waals surface area (Å²) in [6.45, 7) is 0.663. The molecule has 0 aromatic heterocycles. The Balaban J connectivity index is 1.47. The first kappa shape index (κ1) is 12.4. The lowest BCUT2D eigenvalue weighted by atomic mass is 9.89. The van der Waals surface area contributed by atoms with Crippen LogP contribution in [-0.2, 0) is 4.79 Å². The molecule has 1 saturated heterocycles. The number of hydrogen-bond donors (Lipinski definition) is 1. The first-order valence-electron chi connectivity index (χ1n) is 6.45. The van der Waals surface area contributed by atoms with E-state index in [1.165, 1.54) is 18.2 Å². The van der Waals surface area contributed by atoms with Crippen LogP contribution in [0.25, 0.3) is 0 Å². The summed E-state index contributed by atoms with van der Waals surface area (Å²) in [4.78, 5) is 13.4. The fourth-order valence-corrected chi connectivity index (χ4v) is 2.46. The van der Waals surface area contributed by atoms with E-state index in [0.717, 1.165) is 12.8 Å². The fraction of sp³-hybridized carbons (Fsp3) is 0.500. The Kier molecular flexibility index (Phi) is 2.93. The lowest BCUT2D eigenvalue weighted by molar-refractivity contribution is -0.161. The van der Waals surface area contributed by atoms with Crippen LogP contribution in [0, 0.1) is 11.7 Å². The van der Waals surface area contributed by atoms with Crippen molar-refractivity contribution in [2.24, 2.45) is 5.92 Å². The molecule has 1 aromatic rings. The number of β-amino-alcohol motifs (C(OH)–C–C–N with tert-alkyl or cyclic N) is 1. The van der Waals surface area contributed by atoms with E-state index >= 15 is 0 Å². The number of nitrogens with zero attached hydrogens (tertiary/aromatic N) is 1. The van der Waals surface area contributed by atoms with Gasteiger partial charge < -0.3 is 14.7 Å². The summed E-state index contributed by atoms with van der Waals surface area (Å²) in [6, 6.07) is 5.70. The van der Waals surface area contributed by atoms with Crippen molar-refractivity contribution in [2.45, 2.75) is 18.4 Å². The maximum Gasteiger partial charge on any atom is 0.260 e. The molecule has 4 nitrogen and oxygen atoms in total. The number of hydrogen-bond acceptors (Lipinski definition) is 3. The predicted octanol–water partition coefficient (Wildman–Crippen LogP) is 1.19. The van der Waals surface area contributed by atoms with Gasteiger partial charge in [0.25, 0.3) is 5.91 Å². The van der Waals surface area contributed by atoms with Crippen LogP contribution in [0.4, 0.5) is 4.39 Å². The third-order valence-electron chi connectivity index (χ3n) is 3.78. The summed E-state index contributed by atoms with van der Waals surface area (Å²) in [5.41, 5.74) is -0.672. The second kappa shape index (κ2) is 4.49. The molecule has 0 radical (unpaired) electrons. The van der Waals surface area contributed by atoms with Crippen LogP contribution < -0.4 is 4.74 Å². The minimum absolute atomic E-state index is 0.121.